The number of hydrogen-bond acceptors (Lipinski definition) is 3. The van der Waals surface area contributed by atoms with Crippen molar-refractivity contribution >= 4 is 35.0 Å². The van der Waals surface area contributed by atoms with Crippen LogP contribution in [0.25, 0.3) is 11.0 Å². The number of fused-ring (bicyclic) bond motifs is 1. The Hall–Kier alpha value is -1.25. The number of nitriles is 1. The van der Waals surface area contributed by atoms with Crippen molar-refractivity contribution < 1.29 is 0 Å². The molecule has 0 amide bonds. The Bertz CT molecular complexity index is 634. The molecule has 2 rings (SSSR count). The molecule has 18 heavy (non-hydrogen) atoms. The summed E-state index contributed by atoms with van der Waals surface area (Å²) in [6.45, 7) is 0.911. The van der Waals surface area contributed by atoms with Gasteiger partial charge in [-0.2, -0.15) is 17.0 Å². The van der Waals surface area contributed by atoms with E-state index in [0.717, 1.165) is 24.0 Å². The van der Waals surface area contributed by atoms with Crippen molar-refractivity contribution in [2.45, 2.75) is 19.4 Å². The molecule has 94 valence electrons. The zero-order chi connectivity index (χ0) is 13.0. The molecule has 1 aromatic carbocycles. The standard InChI is InChI=1S/C13H15N3S2/c1-18-8-3-2-7-16-11-6-4-5-10(9-14)12(11)15-13(16)17/h4-6H,2-3,7-8H2,1H3,(H,15,17). The van der Waals surface area contributed by atoms with Gasteiger partial charge in [-0.15, -0.1) is 0 Å². The fourth-order valence-electron chi connectivity index (χ4n) is 2.01. The number of rotatable bonds is 5. The number of hydrogen-bond donors (Lipinski definition) is 1. The van der Waals surface area contributed by atoms with Crippen molar-refractivity contribution in [3.8, 4) is 6.07 Å². The quantitative estimate of drug-likeness (QED) is 0.669. The first-order valence-corrected chi connectivity index (χ1v) is 7.68. The molecule has 0 fully saturated rings. The van der Waals surface area contributed by atoms with Gasteiger partial charge in [0.1, 0.15) is 6.07 Å². The van der Waals surface area contributed by atoms with E-state index >= 15 is 0 Å². The monoisotopic (exact) mass is 277 g/mol. The maximum absolute atomic E-state index is 9.07. The Balaban J connectivity index is 2.31. The molecule has 0 aliphatic rings. The van der Waals surface area contributed by atoms with Gasteiger partial charge in [0.15, 0.2) is 4.77 Å². The minimum atomic E-state index is 0.654. The van der Waals surface area contributed by atoms with E-state index in [1.54, 1.807) is 0 Å². The topological polar surface area (TPSA) is 44.5 Å². The van der Waals surface area contributed by atoms with E-state index in [1.807, 2.05) is 30.0 Å². The SMILES string of the molecule is CSCCCCn1c(=S)[nH]c2c(C#N)cccc21. The van der Waals surface area contributed by atoms with Crippen LogP contribution in [0.5, 0.6) is 0 Å². The van der Waals surface area contributed by atoms with Crippen LogP contribution in [0.15, 0.2) is 18.2 Å². The van der Waals surface area contributed by atoms with E-state index in [2.05, 4.69) is 21.9 Å². The second-order valence-corrected chi connectivity index (χ2v) is 5.47. The van der Waals surface area contributed by atoms with Gasteiger partial charge in [-0.3, -0.25) is 0 Å². The van der Waals surface area contributed by atoms with Crippen molar-refractivity contribution in [3.63, 3.8) is 0 Å². The molecule has 1 N–H and O–H groups in total. The molecule has 0 atom stereocenters. The molecule has 1 heterocycles. The summed E-state index contributed by atoms with van der Waals surface area (Å²) in [6, 6.07) is 7.92. The molecular weight excluding hydrogens is 262 g/mol. The van der Waals surface area contributed by atoms with Crippen LogP contribution in [-0.2, 0) is 6.54 Å². The smallest absolute Gasteiger partial charge is 0.178 e. The minimum absolute atomic E-state index is 0.654. The molecule has 0 unspecified atom stereocenters. The Morgan fingerprint density at radius 1 is 1.44 bits per heavy atom. The van der Waals surface area contributed by atoms with Gasteiger partial charge in [0.05, 0.1) is 16.6 Å². The van der Waals surface area contributed by atoms with Gasteiger partial charge in [-0.1, -0.05) is 6.07 Å². The van der Waals surface area contributed by atoms with Gasteiger partial charge in [-0.25, -0.2) is 0 Å². The maximum atomic E-state index is 9.07. The molecule has 0 radical (unpaired) electrons. The van der Waals surface area contributed by atoms with E-state index in [4.69, 9.17) is 17.5 Å². The lowest BCUT2D eigenvalue weighted by atomic mass is 10.2. The number of benzene rings is 1. The molecule has 0 saturated carbocycles. The number of thioether (sulfide) groups is 1. The highest BCUT2D eigenvalue weighted by Crippen LogP contribution is 2.18. The molecule has 0 aliphatic carbocycles. The summed E-state index contributed by atoms with van der Waals surface area (Å²) in [5.41, 5.74) is 2.54. The number of unbranched alkanes of at least 4 members (excludes halogenated alkanes) is 1. The lowest BCUT2D eigenvalue weighted by Crippen LogP contribution is -1.98. The van der Waals surface area contributed by atoms with Crippen LogP contribution in [0.1, 0.15) is 18.4 Å². The Labute approximate surface area is 116 Å². The van der Waals surface area contributed by atoms with Crippen LogP contribution in [0.3, 0.4) is 0 Å². The second kappa shape index (κ2) is 6.07. The molecular formula is C13H15N3S2. The van der Waals surface area contributed by atoms with Crippen molar-refractivity contribution in [2.24, 2.45) is 0 Å². The number of aryl methyl sites for hydroxylation is 1. The third-order valence-electron chi connectivity index (χ3n) is 2.91. The molecule has 3 nitrogen and oxygen atoms in total. The van der Waals surface area contributed by atoms with Gasteiger partial charge in [0.25, 0.3) is 0 Å². The fraction of sp³-hybridized carbons (Fsp3) is 0.385. The number of H-pyrrole nitrogens is 1. The van der Waals surface area contributed by atoms with E-state index in [0.29, 0.717) is 10.3 Å². The largest absolute Gasteiger partial charge is 0.329 e. The Morgan fingerprint density at radius 3 is 3.00 bits per heavy atom. The predicted molar refractivity (Wildman–Crippen MR) is 79.5 cm³/mol. The number of para-hydroxylation sites is 1. The third kappa shape index (κ3) is 2.60. The van der Waals surface area contributed by atoms with E-state index in [1.165, 1.54) is 12.2 Å². The predicted octanol–water partition coefficient (Wildman–Crippen LogP) is 3.71. The van der Waals surface area contributed by atoms with Crippen LogP contribution in [0.2, 0.25) is 0 Å². The average molecular weight is 277 g/mol. The zero-order valence-corrected chi connectivity index (χ0v) is 11.9. The normalized spacial score (nSPS) is 10.7. The summed E-state index contributed by atoms with van der Waals surface area (Å²) in [4.78, 5) is 3.14. The van der Waals surface area contributed by atoms with Crippen molar-refractivity contribution in [1.82, 2.24) is 9.55 Å². The van der Waals surface area contributed by atoms with Crippen molar-refractivity contribution in [2.75, 3.05) is 12.0 Å². The van der Waals surface area contributed by atoms with E-state index in [9.17, 15) is 0 Å². The fourth-order valence-corrected chi connectivity index (χ4v) is 2.80. The summed E-state index contributed by atoms with van der Waals surface area (Å²) in [5.74, 6) is 1.18. The van der Waals surface area contributed by atoms with Crippen molar-refractivity contribution in [1.29, 1.82) is 5.26 Å². The summed E-state index contributed by atoms with van der Waals surface area (Å²) in [7, 11) is 0. The molecule has 2 aromatic rings. The highest BCUT2D eigenvalue weighted by atomic mass is 32.2. The summed E-state index contributed by atoms with van der Waals surface area (Å²) < 4.78 is 2.79. The number of aromatic amines is 1. The van der Waals surface area contributed by atoms with Gasteiger partial charge < -0.3 is 9.55 Å². The van der Waals surface area contributed by atoms with Gasteiger partial charge >= 0.3 is 0 Å². The lowest BCUT2D eigenvalue weighted by molar-refractivity contribution is 0.643. The molecule has 0 bridgehead atoms. The number of aromatic nitrogens is 2. The average Bonchev–Trinajstić information content (AvgIpc) is 2.70. The Kier molecular flexibility index (Phi) is 4.45. The van der Waals surface area contributed by atoms with Gasteiger partial charge in [0.2, 0.25) is 0 Å². The first-order chi connectivity index (χ1) is 8.77. The van der Waals surface area contributed by atoms with E-state index in [-0.39, 0.29) is 0 Å². The first-order valence-electron chi connectivity index (χ1n) is 5.88. The minimum Gasteiger partial charge on any atom is -0.329 e. The van der Waals surface area contributed by atoms with Gasteiger partial charge in [0, 0.05) is 6.54 Å². The number of nitrogens with zero attached hydrogens (tertiary/aromatic N) is 2. The molecule has 0 spiro atoms. The summed E-state index contributed by atoms with van der Waals surface area (Å²) in [6.07, 6.45) is 4.42. The highest BCUT2D eigenvalue weighted by molar-refractivity contribution is 7.98. The van der Waals surface area contributed by atoms with Crippen LogP contribution in [0, 0.1) is 16.1 Å². The van der Waals surface area contributed by atoms with Crippen LogP contribution in [0.4, 0.5) is 0 Å². The molecule has 5 heteroatoms. The van der Waals surface area contributed by atoms with Gasteiger partial charge in [-0.05, 0) is 49.2 Å². The van der Waals surface area contributed by atoms with Crippen LogP contribution >= 0.6 is 24.0 Å². The van der Waals surface area contributed by atoms with Crippen LogP contribution in [-0.4, -0.2) is 21.6 Å². The molecule has 1 aromatic heterocycles. The second-order valence-electron chi connectivity index (χ2n) is 4.09. The molecule has 0 aliphatic heterocycles. The van der Waals surface area contributed by atoms with Crippen LogP contribution < -0.4 is 0 Å². The maximum Gasteiger partial charge on any atom is 0.178 e. The molecule has 0 saturated heterocycles. The highest BCUT2D eigenvalue weighted by Gasteiger charge is 2.07. The Morgan fingerprint density at radius 2 is 2.28 bits per heavy atom. The summed E-state index contributed by atoms with van der Waals surface area (Å²) >= 11 is 7.20. The number of nitrogens with one attached hydrogen (secondary N) is 1. The first kappa shape index (κ1) is 13.2. The third-order valence-corrected chi connectivity index (χ3v) is 3.93. The lowest BCUT2D eigenvalue weighted by Gasteiger charge is -2.04. The van der Waals surface area contributed by atoms with Crippen molar-refractivity contribution in [3.05, 3.63) is 28.5 Å². The number of imidazole rings is 1. The zero-order valence-electron chi connectivity index (χ0n) is 10.3. The van der Waals surface area contributed by atoms with E-state index < -0.39 is 0 Å². The summed E-state index contributed by atoms with van der Waals surface area (Å²) in [5, 5.41) is 9.07.